The van der Waals surface area contributed by atoms with E-state index >= 15 is 0 Å². The molecule has 0 aromatic rings. The number of carbonyl (C=O) groups excluding carboxylic acids is 2. The number of carbonyl (C=O) groups is 2. The quantitative estimate of drug-likeness (QED) is 0.00943. The van der Waals surface area contributed by atoms with Gasteiger partial charge >= 0.3 is 27.6 Å². The molecule has 0 aromatic carbocycles. The van der Waals surface area contributed by atoms with E-state index in [1.54, 1.807) is 6.08 Å². The van der Waals surface area contributed by atoms with Crippen LogP contribution in [0.25, 0.3) is 0 Å². The van der Waals surface area contributed by atoms with Crippen LogP contribution in [0, 0.1) is 0 Å². The first-order valence-electron chi connectivity index (χ1n) is 24.3. The van der Waals surface area contributed by atoms with Crippen molar-refractivity contribution in [2.75, 3.05) is 13.2 Å². The number of aliphatic hydroxyl groups excluding tert-OH is 5. The molecule has 17 nitrogen and oxygen atoms in total. The maximum absolute atomic E-state index is 13.0. The number of allylic oxidation sites excluding steroid dienone is 7. The molecule has 0 saturated heterocycles. The third kappa shape index (κ3) is 31.9. The summed E-state index contributed by atoms with van der Waals surface area (Å²) in [6, 6.07) is 0. The van der Waals surface area contributed by atoms with Gasteiger partial charge in [0.1, 0.15) is 43.2 Å². The topological polar surface area (TPSA) is 276 Å². The van der Waals surface area contributed by atoms with Crippen molar-refractivity contribution in [2.24, 2.45) is 0 Å². The molecule has 0 amide bonds. The fourth-order valence-electron chi connectivity index (χ4n) is 7.20. The van der Waals surface area contributed by atoms with Gasteiger partial charge in [-0.1, -0.05) is 152 Å². The third-order valence-corrected chi connectivity index (χ3v) is 12.5. The van der Waals surface area contributed by atoms with Gasteiger partial charge < -0.3 is 49.7 Å². The molecule has 8 N–H and O–H groups in total. The summed E-state index contributed by atoms with van der Waals surface area (Å²) in [5, 5.41) is 51.4. The van der Waals surface area contributed by atoms with Crippen molar-refractivity contribution in [3.05, 3.63) is 48.6 Å². The highest BCUT2D eigenvalue weighted by molar-refractivity contribution is 7.47. The Balaban J connectivity index is 2.61. The number of aliphatic hydroxyl groups is 5. The van der Waals surface area contributed by atoms with E-state index in [2.05, 4.69) is 42.7 Å². The first kappa shape index (κ1) is 61.9. The fraction of sp³-hybridized carbons (Fsp3) is 0.787. The second-order valence-electron chi connectivity index (χ2n) is 17.0. The van der Waals surface area contributed by atoms with Crippen molar-refractivity contribution < 1.29 is 82.0 Å². The number of unbranched alkanes of at least 4 members (excludes halogenated alkanes) is 17. The Morgan fingerprint density at radius 2 is 1.11 bits per heavy atom. The highest BCUT2D eigenvalue weighted by Gasteiger charge is 2.54. The van der Waals surface area contributed by atoms with Gasteiger partial charge in [-0.3, -0.25) is 23.2 Å². The monoisotopic (exact) mass is 983 g/mol. The lowest BCUT2D eigenvalue weighted by atomic mass is 9.85. The number of phosphoric acid groups is 2. The molecule has 1 aliphatic rings. The Kier molecular flexibility index (Phi) is 35.4. The summed E-state index contributed by atoms with van der Waals surface area (Å²) in [7, 11) is -10.7. The first-order valence-corrected chi connectivity index (χ1v) is 27.3. The zero-order valence-electron chi connectivity index (χ0n) is 39.5. The lowest BCUT2D eigenvalue weighted by Crippen LogP contribution is -2.64. The molecule has 0 bridgehead atoms. The molecule has 384 valence electrons. The SMILES string of the molecule is CC/C=C/C/C=C/C=C/C(O)CCCCCCCC(=O)OC[C@H](COP(=O)(O)O[C@H]1C(O)C(O)C(O)[C@@H](OP(=O)(O)O)C1O)OC(=O)CCCCCCCCC/C=C\CCCCCCCC. The highest BCUT2D eigenvalue weighted by atomic mass is 31.2. The van der Waals surface area contributed by atoms with Crippen molar-refractivity contribution in [3.8, 4) is 0 Å². The molecule has 1 rings (SSSR count). The molecule has 1 saturated carbocycles. The van der Waals surface area contributed by atoms with E-state index in [9.17, 15) is 58.9 Å². The minimum Gasteiger partial charge on any atom is -0.462 e. The van der Waals surface area contributed by atoms with Crippen LogP contribution in [0.1, 0.15) is 174 Å². The van der Waals surface area contributed by atoms with Crippen LogP contribution in [-0.4, -0.2) is 114 Å². The number of rotatable bonds is 40. The molecule has 0 aliphatic heterocycles. The largest absolute Gasteiger partial charge is 0.472 e. The van der Waals surface area contributed by atoms with E-state index in [1.807, 2.05) is 18.2 Å². The van der Waals surface area contributed by atoms with Crippen molar-refractivity contribution in [1.82, 2.24) is 0 Å². The second kappa shape index (κ2) is 37.8. The summed E-state index contributed by atoms with van der Waals surface area (Å²) in [5.41, 5.74) is 0. The Labute approximate surface area is 393 Å². The van der Waals surface area contributed by atoms with Gasteiger partial charge in [0.05, 0.1) is 12.7 Å². The molecule has 0 spiro atoms. The standard InChI is InChI=1S/C47H84O17P2/c1-3-5-7-9-11-12-13-14-15-16-17-18-19-20-22-26-31-35-41(50)62-39(36-60-40(49)34-30-27-23-25-29-33-38(48)32-28-24-21-10-8-6-4-2)37-61-66(58,59)64-47-44(53)42(51)43(52)46(45(47)54)63-65(55,56)57/h6,8,14-15,21,24,28,32,38-39,42-48,51-54H,3-5,7,9-13,16-20,22-23,25-27,29-31,33-37H2,1-2H3,(H,58,59)(H2,55,56,57)/b8-6+,15-14-,24-21+,32-28+/t38?,39-,42?,43?,44?,45?,46-,47+/m1/s1. The summed E-state index contributed by atoms with van der Waals surface area (Å²) in [6.45, 7) is 2.89. The Hall–Kier alpha value is -2.08. The summed E-state index contributed by atoms with van der Waals surface area (Å²) in [6.07, 6.45) is 23.6. The van der Waals surface area contributed by atoms with E-state index in [1.165, 1.54) is 38.5 Å². The molecule has 9 atom stereocenters. The molecular formula is C47H84O17P2. The van der Waals surface area contributed by atoms with Crippen molar-refractivity contribution >= 4 is 27.6 Å². The number of phosphoric ester groups is 2. The van der Waals surface area contributed by atoms with Gasteiger partial charge in [0.25, 0.3) is 0 Å². The normalized spacial score (nSPS) is 22.4. The van der Waals surface area contributed by atoms with E-state index < -0.39 is 89.6 Å². The molecular weight excluding hydrogens is 898 g/mol. The molecule has 0 heterocycles. The van der Waals surface area contributed by atoms with Gasteiger partial charge in [-0.15, -0.1) is 0 Å². The van der Waals surface area contributed by atoms with E-state index in [4.69, 9.17) is 18.5 Å². The van der Waals surface area contributed by atoms with Gasteiger partial charge in [-0.25, -0.2) is 9.13 Å². The van der Waals surface area contributed by atoms with Gasteiger partial charge in [-0.05, 0) is 57.8 Å². The molecule has 1 fully saturated rings. The van der Waals surface area contributed by atoms with Crippen LogP contribution in [0.5, 0.6) is 0 Å². The zero-order chi connectivity index (χ0) is 49.1. The molecule has 1 aliphatic carbocycles. The zero-order valence-corrected chi connectivity index (χ0v) is 41.3. The number of hydrogen-bond donors (Lipinski definition) is 8. The first-order chi connectivity index (χ1) is 31.5. The predicted molar refractivity (Wildman–Crippen MR) is 252 cm³/mol. The Morgan fingerprint density at radius 3 is 1.68 bits per heavy atom. The van der Waals surface area contributed by atoms with Crippen LogP contribution < -0.4 is 0 Å². The molecule has 0 aromatic heterocycles. The van der Waals surface area contributed by atoms with E-state index in [-0.39, 0.29) is 12.8 Å². The summed E-state index contributed by atoms with van der Waals surface area (Å²) >= 11 is 0. The van der Waals surface area contributed by atoms with Crippen molar-refractivity contribution in [1.29, 1.82) is 0 Å². The van der Waals surface area contributed by atoms with Gasteiger partial charge in [0.2, 0.25) is 0 Å². The van der Waals surface area contributed by atoms with Crippen molar-refractivity contribution in [2.45, 2.75) is 223 Å². The van der Waals surface area contributed by atoms with Crippen LogP contribution in [0.4, 0.5) is 0 Å². The van der Waals surface area contributed by atoms with Crippen LogP contribution in [0.3, 0.4) is 0 Å². The minimum atomic E-state index is -5.38. The van der Waals surface area contributed by atoms with Crippen LogP contribution in [0.15, 0.2) is 48.6 Å². The lowest BCUT2D eigenvalue weighted by molar-refractivity contribution is -0.216. The van der Waals surface area contributed by atoms with Gasteiger partial charge in [-0.2, -0.15) is 0 Å². The van der Waals surface area contributed by atoms with Crippen LogP contribution >= 0.6 is 15.6 Å². The fourth-order valence-corrected chi connectivity index (χ4v) is 8.74. The second-order valence-corrected chi connectivity index (χ2v) is 19.6. The molecule has 6 unspecified atom stereocenters. The van der Waals surface area contributed by atoms with E-state index in [0.717, 1.165) is 89.9 Å². The predicted octanol–water partition coefficient (Wildman–Crippen LogP) is 8.26. The van der Waals surface area contributed by atoms with Gasteiger partial charge in [0, 0.05) is 12.8 Å². The summed E-state index contributed by atoms with van der Waals surface area (Å²) < 4.78 is 49.3. The average molecular weight is 983 g/mol. The maximum Gasteiger partial charge on any atom is 0.472 e. The van der Waals surface area contributed by atoms with Gasteiger partial charge in [0.15, 0.2) is 6.10 Å². The van der Waals surface area contributed by atoms with Crippen LogP contribution in [0.2, 0.25) is 0 Å². The maximum atomic E-state index is 13.0. The molecule has 66 heavy (non-hydrogen) atoms. The number of esters is 2. The minimum absolute atomic E-state index is 0.0179. The number of hydrogen-bond acceptors (Lipinski definition) is 14. The number of ether oxygens (including phenoxy) is 2. The third-order valence-electron chi connectivity index (χ3n) is 11.0. The van der Waals surface area contributed by atoms with Crippen molar-refractivity contribution in [3.63, 3.8) is 0 Å². The molecule has 19 heteroatoms. The lowest BCUT2D eigenvalue weighted by Gasteiger charge is -2.43. The summed E-state index contributed by atoms with van der Waals surface area (Å²) in [4.78, 5) is 54.3. The Bertz CT molecular complexity index is 1480. The van der Waals surface area contributed by atoms with E-state index in [0.29, 0.717) is 19.3 Å². The van der Waals surface area contributed by atoms with Crippen LogP contribution in [-0.2, 0) is 41.8 Å². The average Bonchev–Trinajstić information content (AvgIpc) is 3.27. The highest BCUT2D eigenvalue weighted by Crippen LogP contribution is 2.49. The summed E-state index contributed by atoms with van der Waals surface area (Å²) in [5.74, 6) is -1.29. The smallest absolute Gasteiger partial charge is 0.462 e. The molecule has 0 radical (unpaired) electrons. The Morgan fingerprint density at radius 1 is 0.576 bits per heavy atom.